The smallest absolute Gasteiger partial charge is 0.238 e. The fourth-order valence-electron chi connectivity index (χ4n) is 7.78. The fraction of sp³-hybridized carbons (Fsp3) is 0.270. The molecule has 2 aliphatic rings. The van der Waals surface area contributed by atoms with Gasteiger partial charge in [0, 0.05) is 39.7 Å². The van der Waals surface area contributed by atoms with Gasteiger partial charge in [0.25, 0.3) is 0 Å². The average molecular weight is 550 g/mol. The van der Waals surface area contributed by atoms with Crippen molar-refractivity contribution in [1.82, 2.24) is 19.5 Å². The quantitative estimate of drug-likeness (QED) is 0.221. The van der Waals surface area contributed by atoms with Gasteiger partial charge in [0.2, 0.25) is 5.95 Å². The van der Waals surface area contributed by atoms with Gasteiger partial charge in [-0.25, -0.2) is 4.98 Å². The van der Waals surface area contributed by atoms with E-state index in [1.165, 1.54) is 42.1 Å². The SMILES string of the molecule is CC1CC2CC(C)N(c3ccc4c5ccccc5n(-c5nc(-c6ccccc6)nc(-c6ccccc6)n5)c4c3)C(C1)C2. The summed E-state index contributed by atoms with van der Waals surface area (Å²) in [7, 11) is 0. The zero-order valence-corrected chi connectivity index (χ0v) is 24.2. The van der Waals surface area contributed by atoms with E-state index in [0.717, 1.165) is 34.0 Å². The van der Waals surface area contributed by atoms with Crippen molar-refractivity contribution in [3.63, 3.8) is 0 Å². The Bertz CT molecular complexity index is 1830. The Hall–Kier alpha value is -4.51. The molecule has 0 N–H and O–H groups in total. The van der Waals surface area contributed by atoms with Crippen LogP contribution in [0.2, 0.25) is 0 Å². The van der Waals surface area contributed by atoms with Gasteiger partial charge in [-0.05, 0) is 62.6 Å². The van der Waals surface area contributed by atoms with Crippen LogP contribution in [0.15, 0.2) is 103 Å². The number of hydrogen-bond donors (Lipinski definition) is 0. The van der Waals surface area contributed by atoms with Crippen LogP contribution in [0.3, 0.4) is 0 Å². The van der Waals surface area contributed by atoms with E-state index < -0.39 is 0 Å². The molecule has 2 bridgehead atoms. The van der Waals surface area contributed by atoms with Crippen LogP contribution in [0.5, 0.6) is 0 Å². The molecule has 0 amide bonds. The fourth-order valence-corrected chi connectivity index (χ4v) is 7.78. The van der Waals surface area contributed by atoms with Crippen molar-refractivity contribution in [2.75, 3.05) is 4.90 Å². The molecule has 42 heavy (non-hydrogen) atoms. The number of aromatic nitrogens is 4. The molecule has 4 atom stereocenters. The van der Waals surface area contributed by atoms with Crippen molar-refractivity contribution >= 4 is 27.5 Å². The Labute approximate surface area is 246 Å². The van der Waals surface area contributed by atoms with Crippen LogP contribution < -0.4 is 4.90 Å². The van der Waals surface area contributed by atoms with Gasteiger partial charge in [0.05, 0.1) is 11.0 Å². The van der Waals surface area contributed by atoms with Gasteiger partial charge in [-0.3, -0.25) is 4.57 Å². The standard InChI is InChI=1S/C37H35N5/c1-24-19-26-21-25(2)41(30(20-24)22-26)29-17-18-32-31-15-9-10-16-33(31)42(34(32)23-29)37-39-35(27-11-5-3-6-12-27)38-36(40-37)28-13-7-4-8-14-28/h3-18,23-26,30H,19-22H2,1-2H3. The van der Waals surface area contributed by atoms with E-state index in [-0.39, 0.29) is 0 Å². The maximum Gasteiger partial charge on any atom is 0.238 e. The Morgan fingerprint density at radius 3 is 1.95 bits per heavy atom. The molecule has 0 spiro atoms. The summed E-state index contributed by atoms with van der Waals surface area (Å²) in [5.41, 5.74) is 5.49. The highest BCUT2D eigenvalue weighted by Gasteiger charge is 2.38. The zero-order valence-electron chi connectivity index (χ0n) is 24.2. The van der Waals surface area contributed by atoms with E-state index in [2.05, 4.69) is 90.0 Å². The average Bonchev–Trinajstić information content (AvgIpc) is 3.35. The molecule has 2 aromatic heterocycles. The minimum Gasteiger partial charge on any atom is -0.366 e. The molecule has 1 saturated heterocycles. The second kappa shape index (κ2) is 10.1. The van der Waals surface area contributed by atoms with Crippen LogP contribution in [0.1, 0.15) is 39.5 Å². The molecule has 1 saturated carbocycles. The number of piperidine rings is 1. The van der Waals surface area contributed by atoms with E-state index in [0.29, 0.717) is 29.7 Å². The number of nitrogens with zero attached hydrogens (tertiary/aromatic N) is 5. The third-order valence-corrected chi connectivity index (χ3v) is 9.40. The molecule has 0 radical (unpaired) electrons. The van der Waals surface area contributed by atoms with Gasteiger partial charge in [0.1, 0.15) is 0 Å². The van der Waals surface area contributed by atoms with Crippen molar-refractivity contribution < 1.29 is 0 Å². The third kappa shape index (κ3) is 4.27. The molecule has 3 heterocycles. The van der Waals surface area contributed by atoms with Gasteiger partial charge in [0.15, 0.2) is 11.6 Å². The minimum atomic E-state index is 0.531. The van der Waals surface area contributed by atoms with E-state index in [9.17, 15) is 0 Å². The van der Waals surface area contributed by atoms with Crippen LogP contribution in [-0.2, 0) is 0 Å². The molecule has 208 valence electrons. The predicted octanol–water partition coefficient (Wildman–Crippen LogP) is 8.71. The summed E-state index contributed by atoms with van der Waals surface area (Å²) in [5.74, 6) is 3.64. The first-order chi connectivity index (χ1) is 20.6. The molecule has 4 unspecified atom stereocenters. The minimum absolute atomic E-state index is 0.531. The molecule has 4 aromatic carbocycles. The van der Waals surface area contributed by atoms with Crippen molar-refractivity contribution in [2.24, 2.45) is 11.8 Å². The monoisotopic (exact) mass is 549 g/mol. The summed E-state index contributed by atoms with van der Waals surface area (Å²) in [6.45, 7) is 4.85. The third-order valence-electron chi connectivity index (χ3n) is 9.40. The summed E-state index contributed by atoms with van der Waals surface area (Å²) in [6, 6.07) is 37.2. The van der Waals surface area contributed by atoms with Gasteiger partial charge in [-0.1, -0.05) is 91.9 Å². The van der Waals surface area contributed by atoms with Crippen LogP contribution >= 0.6 is 0 Å². The maximum absolute atomic E-state index is 5.12. The van der Waals surface area contributed by atoms with Gasteiger partial charge in [-0.2, -0.15) is 9.97 Å². The summed E-state index contributed by atoms with van der Waals surface area (Å²) in [5, 5.41) is 2.43. The second-order valence-corrected chi connectivity index (χ2v) is 12.4. The lowest BCUT2D eigenvalue weighted by Crippen LogP contribution is -2.51. The summed E-state index contributed by atoms with van der Waals surface area (Å²) < 4.78 is 2.25. The van der Waals surface area contributed by atoms with E-state index in [1.807, 2.05) is 36.4 Å². The second-order valence-electron chi connectivity index (χ2n) is 12.4. The summed E-state index contributed by atoms with van der Waals surface area (Å²) in [6.07, 6.45) is 5.24. The summed E-state index contributed by atoms with van der Waals surface area (Å²) >= 11 is 0. The molecule has 6 aromatic rings. The number of benzene rings is 4. The summed E-state index contributed by atoms with van der Waals surface area (Å²) in [4.78, 5) is 17.9. The Balaban J connectivity index is 1.36. The largest absolute Gasteiger partial charge is 0.366 e. The van der Waals surface area contributed by atoms with Crippen LogP contribution in [0.4, 0.5) is 5.69 Å². The van der Waals surface area contributed by atoms with Crippen LogP contribution in [0, 0.1) is 11.8 Å². The molecule has 2 fully saturated rings. The zero-order chi connectivity index (χ0) is 28.2. The lowest BCUT2D eigenvalue weighted by atomic mass is 9.72. The Morgan fingerprint density at radius 1 is 0.595 bits per heavy atom. The van der Waals surface area contributed by atoms with Crippen molar-refractivity contribution in [3.8, 4) is 28.7 Å². The number of hydrogen-bond acceptors (Lipinski definition) is 4. The molecular weight excluding hydrogens is 514 g/mol. The molecule has 1 aliphatic heterocycles. The highest BCUT2D eigenvalue weighted by atomic mass is 15.2. The molecule has 8 rings (SSSR count). The topological polar surface area (TPSA) is 46.8 Å². The highest BCUT2D eigenvalue weighted by molar-refractivity contribution is 6.09. The molecular formula is C37H35N5. The van der Waals surface area contributed by atoms with Crippen molar-refractivity contribution in [3.05, 3.63) is 103 Å². The normalized spacial score (nSPS) is 22.1. The van der Waals surface area contributed by atoms with Gasteiger partial charge >= 0.3 is 0 Å². The maximum atomic E-state index is 5.12. The first-order valence-electron chi connectivity index (χ1n) is 15.3. The van der Waals surface area contributed by atoms with E-state index in [1.54, 1.807) is 0 Å². The molecule has 5 heteroatoms. The van der Waals surface area contributed by atoms with E-state index >= 15 is 0 Å². The number of para-hydroxylation sites is 1. The number of anilines is 1. The first kappa shape index (κ1) is 25.2. The first-order valence-corrected chi connectivity index (χ1v) is 15.3. The highest BCUT2D eigenvalue weighted by Crippen LogP contribution is 2.44. The van der Waals surface area contributed by atoms with Crippen LogP contribution in [0.25, 0.3) is 50.5 Å². The van der Waals surface area contributed by atoms with Gasteiger partial charge < -0.3 is 4.90 Å². The number of rotatable bonds is 4. The predicted molar refractivity (Wildman–Crippen MR) is 172 cm³/mol. The Kier molecular flexibility index (Phi) is 6.06. The molecule has 5 nitrogen and oxygen atoms in total. The molecule has 1 aliphatic carbocycles. The number of fused-ring (bicyclic) bond motifs is 5. The lowest BCUT2D eigenvalue weighted by molar-refractivity contribution is 0.179. The van der Waals surface area contributed by atoms with Crippen molar-refractivity contribution in [2.45, 2.75) is 51.6 Å². The Morgan fingerprint density at radius 2 is 1.24 bits per heavy atom. The van der Waals surface area contributed by atoms with E-state index in [4.69, 9.17) is 15.0 Å². The van der Waals surface area contributed by atoms with Crippen molar-refractivity contribution in [1.29, 1.82) is 0 Å². The lowest BCUT2D eigenvalue weighted by Gasteiger charge is -2.50. The van der Waals surface area contributed by atoms with Crippen LogP contribution in [-0.4, -0.2) is 31.6 Å². The van der Waals surface area contributed by atoms with Gasteiger partial charge in [-0.15, -0.1) is 0 Å².